The van der Waals surface area contributed by atoms with Gasteiger partial charge in [0.2, 0.25) is 0 Å². The molecule has 2 aliphatic rings. The SMILES string of the molecule is C#CC(C)(C)C.CCCN(CCc1cccs1)[C@H]1CCc2c(cccc2OC(=O)CCN=[N+]=[N-])C1.CCCN(CCc1cccs1)[C@H]1CCc2c(cccc2OC(=O)CCn2cc(C(C)(C)C)nn2)C1. The quantitative estimate of drug-likeness (QED) is 0.0188. The molecule has 2 aromatic carbocycles. The Bertz CT molecular complexity index is 2460. The molecule has 0 spiro atoms. The molecule has 376 valence electrons. The van der Waals surface area contributed by atoms with E-state index in [4.69, 9.17) is 21.4 Å². The highest BCUT2D eigenvalue weighted by Gasteiger charge is 2.28. The molecule has 0 bridgehead atoms. The van der Waals surface area contributed by atoms with Gasteiger partial charge in [0.1, 0.15) is 11.5 Å². The highest BCUT2D eigenvalue weighted by atomic mass is 32.1. The van der Waals surface area contributed by atoms with Gasteiger partial charge in [-0.1, -0.05) is 81.3 Å². The number of carbonyl (C=O) groups is 2. The summed E-state index contributed by atoms with van der Waals surface area (Å²) >= 11 is 3.68. The maximum absolute atomic E-state index is 12.6. The summed E-state index contributed by atoms with van der Waals surface area (Å²) in [4.78, 5) is 35.5. The number of hydrogen-bond acceptors (Lipinski definition) is 11. The van der Waals surface area contributed by atoms with Crippen LogP contribution in [0.5, 0.6) is 11.5 Å². The monoisotopic (exact) mass is 989 g/mol. The van der Waals surface area contributed by atoms with Crippen molar-refractivity contribution in [2.75, 3.05) is 32.7 Å². The summed E-state index contributed by atoms with van der Waals surface area (Å²) in [5.41, 5.74) is 14.2. The Balaban J connectivity index is 0.000000237. The first-order valence-electron chi connectivity index (χ1n) is 25.2. The van der Waals surface area contributed by atoms with E-state index < -0.39 is 0 Å². The Kier molecular flexibility index (Phi) is 22.2. The molecule has 70 heavy (non-hydrogen) atoms. The van der Waals surface area contributed by atoms with E-state index in [1.54, 1.807) is 4.68 Å². The van der Waals surface area contributed by atoms with Crippen LogP contribution in [0.25, 0.3) is 10.4 Å². The van der Waals surface area contributed by atoms with E-state index in [9.17, 15) is 9.59 Å². The number of aryl methyl sites for hydroxylation is 1. The molecule has 0 amide bonds. The number of thiophene rings is 2. The molecule has 0 fully saturated rings. The maximum atomic E-state index is 12.6. The topological polar surface area (TPSA) is 139 Å². The Labute approximate surface area is 425 Å². The second-order valence-electron chi connectivity index (χ2n) is 20.2. The van der Waals surface area contributed by atoms with Gasteiger partial charge < -0.3 is 9.47 Å². The standard InChI is InChI=1S/C28H38N4O2S.C22H28N4O2S.C6H10/c1-5-15-31(16-13-23-9-7-18-35-23)22-11-12-24-21(19-22)8-6-10-25(24)34-27(33)14-17-32-20-26(29-30-32)28(2,3)4;1-2-13-26(14-11-19-6-4-15-29-19)18-8-9-20-17(16-18)5-3-7-21(20)28-22(27)10-12-24-25-23;1-5-6(2,3)4/h6-10,18,20,22H,5,11-17,19H2,1-4H3;3-7,15,18H,2,8-14,16H2,1H3;1H,2-4H3/t22-;18-;/m00./s1. The van der Waals surface area contributed by atoms with Gasteiger partial charge in [0.25, 0.3) is 0 Å². The fourth-order valence-electron chi connectivity index (χ4n) is 8.76. The van der Waals surface area contributed by atoms with Crippen LogP contribution in [0.3, 0.4) is 0 Å². The molecule has 2 atom stereocenters. The largest absolute Gasteiger partial charge is 0.426 e. The summed E-state index contributed by atoms with van der Waals surface area (Å²) in [6, 6.07) is 21.9. The lowest BCUT2D eigenvalue weighted by Crippen LogP contribution is -2.41. The summed E-state index contributed by atoms with van der Waals surface area (Å²) < 4.78 is 13.1. The van der Waals surface area contributed by atoms with E-state index in [2.05, 4.69) is 118 Å². The molecular formula is C56H76N8O4S2. The van der Waals surface area contributed by atoms with Crippen molar-refractivity contribution < 1.29 is 19.1 Å². The summed E-state index contributed by atoms with van der Waals surface area (Å²) in [7, 11) is 0. The molecule has 0 saturated heterocycles. The van der Waals surface area contributed by atoms with Crippen LogP contribution in [0.4, 0.5) is 0 Å². The number of esters is 2. The predicted molar refractivity (Wildman–Crippen MR) is 286 cm³/mol. The number of rotatable bonds is 20. The third-order valence-electron chi connectivity index (χ3n) is 12.5. The third-order valence-corrected chi connectivity index (χ3v) is 14.4. The first-order valence-corrected chi connectivity index (χ1v) is 26.9. The Morgan fingerprint density at radius 2 is 1.29 bits per heavy atom. The van der Waals surface area contributed by atoms with Crippen LogP contribution < -0.4 is 9.47 Å². The van der Waals surface area contributed by atoms with Crippen LogP contribution in [-0.2, 0) is 60.1 Å². The van der Waals surface area contributed by atoms with Gasteiger partial charge in [-0.3, -0.25) is 24.1 Å². The van der Waals surface area contributed by atoms with Crippen molar-refractivity contribution in [1.82, 2.24) is 24.8 Å². The van der Waals surface area contributed by atoms with Crippen molar-refractivity contribution in [3.8, 4) is 23.8 Å². The lowest BCUT2D eigenvalue weighted by Gasteiger charge is -2.35. The number of benzene rings is 2. The molecule has 0 aliphatic heterocycles. The van der Waals surface area contributed by atoms with Gasteiger partial charge in [0, 0.05) is 63.4 Å². The molecule has 7 rings (SSSR count). The molecule has 12 nitrogen and oxygen atoms in total. The zero-order valence-corrected chi connectivity index (χ0v) is 44.6. The number of ether oxygens (including phenoxy) is 2. The Hall–Kier alpha value is -5.29. The minimum Gasteiger partial charge on any atom is -0.426 e. The lowest BCUT2D eigenvalue weighted by atomic mass is 9.86. The van der Waals surface area contributed by atoms with E-state index in [1.165, 1.54) is 26.4 Å². The first kappa shape index (κ1) is 55.6. The maximum Gasteiger partial charge on any atom is 0.313 e. The highest BCUT2D eigenvalue weighted by Crippen LogP contribution is 2.34. The summed E-state index contributed by atoms with van der Waals surface area (Å²) in [5.74, 6) is 3.41. The number of hydrogen-bond donors (Lipinski definition) is 0. The van der Waals surface area contributed by atoms with Crippen LogP contribution in [-0.4, -0.2) is 81.5 Å². The van der Waals surface area contributed by atoms with Crippen molar-refractivity contribution in [3.05, 3.63) is 126 Å². The fraction of sp³-hybridized carbons (Fsp3) is 0.536. The minimum atomic E-state index is -0.350. The molecule has 2 aliphatic carbocycles. The van der Waals surface area contributed by atoms with Gasteiger partial charge in [0.05, 0.1) is 25.1 Å². The van der Waals surface area contributed by atoms with E-state index >= 15 is 0 Å². The van der Waals surface area contributed by atoms with E-state index in [0.717, 1.165) is 107 Å². The first-order chi connectivity index (χ1) is 33.6. The van der Waals surface area contributed by atoms with E-state index in [0.29, 0.717) is 24.4 Å². The van der Waals surface area contributed by atoms with Crippen molar-refractivity contribution in [2.45, 2.75) is 156 Å². The van der Waals surface area contributed by atoms with Crippen LogP contribution in [0.1, 0.15) is 132 Å². The smallest absolute Gasteiger partial charge is 0.313 e. The molecule has 0 N–H and O–H groups in total. The molecule has 0 radical (unpaired) electrons. The lowest BCUT2D eigenvalue weighted by molar-refractivity contribution is -0.135. The van der Waals surface area contributed by atoms with Crippen molar-refractivity contribution in [2.24, 2.45) is 10.5 Å². The molecular weight excluding hydrogens is 913 g/mol. The number of aromatic nitrogens is 3. The summed E-state index contributed by atoms with van der Waals surface area (Å²) in [6.45, 7) is 21.8. The van der Waals surface area contributed by atoms with Crippen LogP contribution >= 0.6 is 22.7 Å². The second-order valence-corrected chi connectivity index (χ2v) is 22.3. The summed E-state index contributed by atoms with van der Waals surface area (Å²) in [5, 5.41) is 16.1. The van der Waals surface area contributed by atoms with Gasteiger partial charge in [0.15, 0.2) is 0 Å². The fourth-order valence-corrected chi connectivity index (χ4v) is 10.2. The van der Waals surface area contributed by atoms with Gasteiger partial charge in [-0.05, 0) is 161 Å². The minimum absolute atomic E-state index is 0.0591. The molecule has 3 heterocycles. The molecule has 14 heteroatoms. The Morgan fingerprint density at radius 3 is 1.70 bits per heavy atom. The highest BCUT2D eigenvalue weighted by molar-refractivity contribution is 7.10. The molecule has 5 aromatic rings. The van der Waals surface area contributed by atoms with Crippen LogP contribution in [0.15, 0.2) is 82.7 Å². The number of carbonyl (C=O) groups excluding carboxylic acids is 2. The van der Waals surface area contributed by atoms with Gasteiger partial charge >= 0.3 is 11.9 Å². The zero-order chi connectivity index (χ0) is 50.5. The predicted octanol–water partition coefficient (Wildman–Crippen LogP) is 12.3. The Morgan fingerprint density at radius 1 is 0.786 bits per heavy atom. The second kappa shape index (κ2) is 27.9. The molecule has 0 saturated carbocycles. The van der Waals surface area contributed by atoms with Crippen molar-refractivity contribution in [3.63, 3.8) is 0 Å². The van der Waals surface area contributed by atoms with Crippen molar-refractivity contribution in [1.29, 1.82) is 0 Å². The van der Waals surface area contributed by atoms with Gasteiger partial charge in [-0.15, -0.1) is 40.1 Å². The van der Waals surface area contributed by atoms with Crippen LogP contribution in [0.2, 0.25) is 0 Å². The average Bonchev–Trinajstić information content (AvgIpc) is 4.16. The average molecular weight is 989 g/mol. The number of fused-ring (bicyclic) bond motifs is 2. The number of azide groups is 1. The normalized spacial score (nSPS) is 15.3. The molecule has 0 unspecified atom stereocenters. The van der Waals surface area contributed by atoms with Gasteiger partial charge in [-0.2, -0.15) is 0 Å². The third kappa shape index (κ3) is 18.1. The zero-order valence-electron chi connectivity index (χ0n) is 43.0. The van der Waals surface area contributed by atoms with E-state index in [-0.39, 0.29) is 42.2 Å². The van der Waals surface area contributed by atoms with Crippen molar-refractivity contribution >= 4 is 34.6 Å². The number of terminal acetylenes is 1. The summed E-state index contributed by atoms with van der Waals surface area (Å²) in [6.07, 6.45) is 17.9. The number of nitrogens with zero attached hydrogens (tertiary/aromatic N) is 8. The van der Waals surface area contributed by atoms with Gasteiger partial charge in [-0.25, -0.2) is 0 Å². The molecule has 3 aromatic heterocycles. The van der Waals surface area contributed by atoms with Crippen LogP contribution in [0, 0.1) is 17.8 Å². The van der Waals surface area contributed by atoms with E-state index in [1.807, 2.05) is 73.9 Å².